The Labute approximate surface area is 113 Å². The van der Waals surface area contributed by atoms with Crippen molar-refractivity contribution in [1.29, 1.82) is 0 Å². The van der Waals surface area contributed by atoms with Crippen LogP contribution in [0.2, 0.25) is 0 Å². The molecule has 1 atom stereocenters. The van der Waals surface area contributed by atoms with Gasteiger partial charge in [-0.2, -0.15) is 11.8 Å². The van der Waals surface area contributed by atoms with Crippen molar-refractivity contribution in [2.24, 2.45) is 0 Å². The summed E-state index contributed by atoms with van der Waals surface area (Å²) in [4.78, 5) is 3.21. The number of thioether (sulfide) groups is 1. The topological polar surface area (TPSA) is 12.0 Å². The third-order valence-electron chi connectivity index (χ3n) is 3.43. The zero-order valence-electron chi connectivity index (χ0n) is 10.9. The zero-order valence-corrected chi connectivity index (χ0v) is 12.6. The molecule has 1 aromatic heterocycles. The molecule has 0 saturated carbocycles. The van der Waals surface area contributed by atoms with Crippen LogP contribution >= 0.6 is 23.1 Å². The summed E-state index contributed by atoms with van der Waals surface area (Å²) in [5.41, 5.74) is 1.61. The average Bonchev–Trinajstić information content (AvgIpc) is 2.78. The fourth-order valence-corrected chi connectivity index (χ4v) is 4.89. The van der Waals surface area contributed by atoms with Crippen molar-refractivity contribution in [2.45, 2.75) is 50.8 Å². The molecule has 2 heterocycles. The molecule has 3 heteroatoms. The molecular formula is C14H23NS2. The summed E-state index contributed by atoms with van der Waals surface area (Å²) in [6.07, 6.45) is 6.60. The molecule has 0 fully saturated rings. The van der Waals surface area contributed by atoms with E-state index >= 15 is 0 Å². The second kappa shape index (κ2) is 6.81. The largest absolute Gasteiger partial charge is 0.312 e. The van der Waals surface area contributed by atoms with Gasteiger partial charge in [-0.15, -0.1) is 11.3 Å². The standard InChI is InChI=1S/C14H23NS2/c1-3-4-5-6-12(15-2)14-9-11-10-16-8-7-13(11)17-14/h9,12,15H,3-8,10H2,1-2H3. The molecule has 0 saturated heterocycles. The quantitative estimate of drug-likeness (QED) is 0.769. The molecule has 0 radical (unpaired) electrons. The third kappa shape index (κ3) is 3.49. The van der Waals surface area contributed by atoms with Gasteiger partial charge in [-0.1, -0.05) is 26.2 Å². The Morgan fingerprint density at radius 3 is 3.00 bits per heavy atom. The predicted octanol–water partition coefficient (Wildman–Crippen LogP) is 4.38. The smallest absolute Gasteiger partial charge is 0.0412 e. The SMILES string of the molecule is CCCCCC(NC)c1cc2c(s1)CCSC2. The Balaban J connectivity index is 2.00. The lowest BCUT2D eigenvalue weighted by Gasteiger charge is -2.13. The van der Waals surface area contributed by atoms with Gasteiger partial charge in [0.25, 0.3) is 0 Å². The maximum absolute atomic E-state index is 3.49. The highest BCUT2D eigenvalue weighted by atomic mass is 32.2. The van der Waals surface area contributed by atoms with Gasteiger partial charge >= 0.3 is 0 Å². The molecule has 1 aromatic rings. The van der Waals surface area contributed by atoms with E-state index in [0.29, 0.717) is 6.04 Å². The molecule has 0 spiro atoms. The number of thiophene rings is 1. The fourth-order valence-electron chi connectivity index (χ4n) is 2.37. The van der Waals surface area contributed by atoms with E-state index in [2.05, 4.69) is 48.5 Å². The first-order valence-electron chi connectivity index (χ1n) is 6.71. The van der Waals surface area contributed by atoms with E-state index in [-0.39, 0.29) is 0 Å². The van der Waals surface area contributed by atoms with Crippen LogP contribution in [-0.2, 0) is 12.2 Å². The van der Waals surface area contributed by atoms with Gasteiger partial charge in [0.15, 0.2) is 0 Å². The second-order valence-electron chi connectivity index (χ2n) is 4.74. The lowest BCUT2D eigenvalue weighted by atomic mass is 10.1. The third-order valence-corrected chi connectivity index (χ3v) is 5.79. The van der Waals surface area contributed by atoms with Gasteiger partial charge in [-0.25, -0.2) is 0 Å². The summed E-state index contributed by atoms with van der Waals surface area (Å²) in [6.45, 7) is 2.27. The molecule has 1 aliphatic heterocycles. The van der Waals surface area contributed by atoms with Gasteiger partial charge in [-0.3, -0.25) is 0 Å². The van der Waals surface area contributed by atoms with Crippen molar-refractivity contribution >= 4 is 23.1 Å². The predicted molar refractivity (Wildman–Crippen MR) is 80.1 cm³/mol. The maximum Gasteiger partial charge on any atom is 0.0412 e. The molecular weight excluding hydrogens is 246 g/mol. The summed E-state index contributed by atoms with van der Waals surface area (Å²) in [5.74, 6) is 2.55. The van der Waals surface area contributed by atoms with Gasteiger partial charge in [0, 0.05) is 21.5 Å². The normalized spacial score (nSPS) is 16.8. The van der Waals surface area contributed by atoms with E-state index in [0.717, 1.165) is 0 Å². The second-order valence-corrected chi connectivity index (χ2v) is 7.01. The molecule has 0 bridgehead atoms. The molecule has 1 nitrogen and oxygen atoms in total. The average molecular weight is 269 g/mol. The molecule has 1 N–H and O–H groups in total. The van der Waals surface area contributed by atoms with Crippen LogP contribution in [0, 0.1) is 0 Å². The van der Waals surface area contributed by atoms with Crippen molar-refractivity contribution in [2.75, 3.05) is 12.8 Å². The number of hydrogen-bond acceptors (Lipinski definition) is 3. The monoisotopic (exact) mass is 269 g/mol. The van der Waals surface area contributed by atoms with Crippen LogP contribution in [-0.4, -0.2) is 12.8 Å². The van der Waals surface area contributed by atoms with E-state index in [1.54, 1.807) is 15.3 Å². The fraction of sp³-hybridized carbons (Fsp3) is 0.714. The first kappa shape index (κ1) is 13.4. The molecule has 96 valence electrons. The highest BCUT2D eigenvalue weighted by molar-refractivity contribution is 7.98. The number of aryl methyl sites for hydroxylation is 1. The van der Waals surface area contributed by atoms with Gasteiger partial charge in [0.1, 0.15) is 0 Å². The van der Waals surface area contributed by atoms with Crippen LogP contribution in [0.1, 0.15) is 54.0 Å². The minimum Gasteiger partial charge on any atom is -0.312 e. The number of unbranched alkanes of at least 4 members (excludes halogenated alkanes) is 2. The van der Waals surface area contributed by atoms with Crippen molar-refractivity contribution in [1.82, 2.24) is 5.32 Å². The van der Waals surface area contributed by atoms with Crippen LogP contribution in [0.25, 0.3) is 0 Å². The van der Waals surface area contributed by atoms with Gasteiger partial charge in [0.2, 0.25) is 0 Å². The highest BCUT2D eigenvalue weighted by Gasteiger charge is 2.17. The van der Waals surface area contributed by atoms with Crippen molar-refractivity contribution < 1.29 is 0 Å². The van der Waals surface area contributed by atoms with E-state index in [9.17, 15) is 0 Å². The first-order chi connectivity index (χ1) is 8.35. The zero-order chi connectivity index (χ0) is 12.1. The van der Waals surface area contributed by atoms with Gasteiger partial charge in [-0.05, 0) is 37.3 Å². The van der Waals surface area contributed by atoms with E-state index < -0.39 is 0 Å². The maximum atomic E-state index is 3.49. The summed E-state index contributed by atoms with van der Waals surface area (Å²) >= 11 is 4.13. The van der Waals surface area contributed by atoms with E-state index in [1.165, 1.54) is 43.6 Å². The van der Waals surface area contributed by atoms with Crippen LogP contribution < -0.4 is 5.32 Å². The van der Waals surface area contributed by atoms with Crippen LogP contribution in [0.5, 0.6) is 0 Å². The molecule has 1 aliphatic rings. The Morgan fingerprint density at radius 1 is 1.41 bits per heavy atom. The number of rotatable bonds is 6. The Morgan fingerprint density at radius 2 is 2.29 bits per heavy atom. The Bertz CT molecular complexity index is 322. The van der Waals surface area contributed by atoms with E-state index in [1.807, 2.05) is 0 Å². The number of hydrogen-bond donors (Lipinski definition) is 1. The summed E-state index contributed by atoms with van der Waals surface area (Å²) in [6, 6.07) is 3.04. The Kier molecular flexibility index (Phi) is 5.39. The van der Waals surface area contributed by atoms with Crippen LogP contribution in [0.4, 0.5) is 0 Å². The minimum atomic E-state index is 0.585. The Hall–Kier alpha value is 0.01000. The molecule has 0 amide bonds. The highest BCUT2D eigenvalue weighted by Crippen LogP contribution is 2.35. The van der Waals surface area contributed by atoms with Gasteiger partial charge < -0.3 is 5.32 Å². The minimum absolute atomic E-state index is 0.585. The number of nitrogens with one attached hydrogen (secondary N) is 1. The summed E-state index contributed by atoms with van der Waals surface area (Å²) in [7, 11) is 2.10. The van der Waals surface area contributed by atoms with Crippen LogP contribution in [0.3, 0.4) is 0 Å². The molecule has 17 heavy (non-hydrogen) atoms. The van der Waals surface area contributed by atoms with Gasteiger partial charge in [0.05, 0.1) is 0 Å². The van der Waals surface area contributed by atoms with Crippen molar-refractivity contribution in [3.8, 4) is 0 Å². The van der Waals surface area contributed by atoms with Crippen LogP contribution in [0.15, 0.2) is 6.07 Å². The first-order valence-corrected chi connectivity index (χ1v) is 8.68. The number of fused-ring (bicyclic) bond motifs is 1. The van der Waals surface area contributed by atoms with E-state index in [4.69, 9.17) is 0 Å². The molecule has 0 aromatic carbocycles. The molecule has 0 aliphatic carbocycles. The lowest BCUT2D eigenvalue weighted by Crippen LogP contribution is -2.14. The lowest BCUT2D eigenvalue weighted by molar-refractivity contribution is 0.518. The summed E-state index contributed by atoms with van der Waals surface area (Å²) in [5, 5.41) is 3.49. The molecule has 1 unspecified atom stereocenters. The van der Waals surface area contributed by atoms with Crippen molar-refractivity contribution in [3.05, 3.63) is 21.4 Å². The molecule has 2 rings (SSSR count). The van der Waals surface area contributed by atoms with Crippen molar-refractivity contribution in [3.63, 3.8) is 0 Å². The summed E-state index contributed by atoms with van der Waals surface area (Å²) < 4.78 is 0.